The van der Waals surface area contributed by atoms with Gasteiger partial charge in [0.05, 0.1) is 0 Å². The van der Waals surface area contributed by atoms with Crippen molar-refractivity contribution < 1.29 is 0 Å². The zero-order valence-corrected chi connectivity index (χ0v) is 7.66. The molecule has 52 valence electrons. The summed E-state index contributed by atoms with van der Waals surface area (Å²) in [6, 6.07) is 0. The Hall–Kier alpha value is 0.220. The van der Waals surface area contributed by atoms with Crippen LogP contribution in [0.1, 0.15) is 33.1 Å². The van der Waals surface area contributed by atoms with Crippen molar-refractivity contribution in [1.82, 2.24) is 0 Å². The van der Waals surface area contributed by atoms with E-state index in [1.165, 1.54) is 23.7 Å². The highest BCUT2D eigenvalue weighted by molar-refractivity contribution is 9.11. The highest BCUT2D eigenvalue weighted by Gasteiger charge is 2.20. The first-order valence-corrected chi connectivity index (χ1v) is 4.24. The third-order valence-electron chi connectivity index (χ3n) is 1.83. The zero-order valence-electron chi connectivity index (χ0n) is 6.08. The van der Waals surface area contributed by atoms with Crippen molar-refractivity contribution >= 4 is 15.9 Å². The Kier molecular flexibility index (Phi) is 2.00. The summed E-state index contributed by atoms with van der Waals surface area (Å²) in [5.74, 6) is 0. The summed E-state index contributed by atoms with van der Waals surface area (Å²) in [5, 5.41) is 0. The third kappa shape index (κ3) is 2.13. The van der Waals surface area contributed by atoms with Gasteiger partial charge in [0, 0.05) is 0 Å². The molecule has 0 atom stereocenters. The van der Waals surface area contributed by atoms with E-state index >= 15 is 0 Å². The Morgan fingerprint density at radius 3 is 2.56 bits per heavy atom. The van der Waals surface area contributed by atoms with Crippen LogP contribution in [0, 0.1) is 5.41 Å². The fourth-order valence-electron chi connectivity index (χ4n) is 1.24. The monoisotopic (exact) mass is 188 g/mol. The van der Waals surface area contributed by atoms with Crippen LogP contribution in [0.25, 0.3) is 0 Å². The highest BCUT2D eigenvalue weighted by atomic mass is 79.9. The number of rotatable bonds is 0. The normalized spacial score (nSPS) is 25.4. The van der Waals surface area contributed by atoms with Crippen LogP contribution in [0.5, 0.6) is 0 Å². The number of hydrogen-bond acceptors (Lipinski definition) is 0. The first-order valence-electron chi connectivity index (χ1n) is 3.45. The van der Waals surface area contributed by atoms with E-state index in [-0.39, 0.29) is 0 Å². The standard InChI is InChI=1S/C8H13Br/c1-8(2)5-3-4-7(9)6-8/h4H,3,5-6H2,1-2H3. The Morgan fingerprint density at radius 1 is 1.56 bits per heavy atom. The number of allylic oxidation sites excluding steroid dienone is 2. The molecule has 9 heavy (non-hydrogen) atoms. The van der Waals surface area contributed by atoms with E-state index in [1.807, 2.05) is 0 Å². The molecule has 0 fully saturated rings. The van der Waals surface area contributed by atoms with Crippen LogP contribution < -0.4 is 0 Å². The highest BCUT2D eigenvalue weighted by Crippen LogP contribution is 2.37. The van der Waals surface area contributed by atoms with Gasteiger partial charge >= 0.3 is 0 Å². The molecule has 1 rings (SSSR count). The van der Waals surface area contributed by atoms with Gasteiger partial charge < -0.3 is 0 Å². The minimum atomic E-state index is 0.535. The van der Waals surface area contributed by atoms with Crippen LogP contribution in [0.4, 0.5) is 0 Å². The van der Waals surface area contributed by atoms with Crippen LogP contribution in [0.3, 0.4) is 0 Å². The molecule has 1 aliphatic rings. The topological polar surface area (TPSA) is 0 Å². The van der Waals surface area contributed by atoms with Crippen molar-refractivity contribution in [2.75, 3.05) is 0 Å². The van der Waals surface area contributed by atoms with E-state index in [9.17, 15) is 0 Å². The summed E-state index contributed by atoms with van der Waals surface area (Å²) in [6.45, 7) is 4.64. The van der Waals surface area contributed by atoms with Crippen molar-refractivity contribution in [2.24, 2.45) is 5.41 Å². The summed E-state index contributed by atoms with van der Waals surface area (Å²) in [5.41, 5.74) is 0.535. The van der Waals surface area contributed by atoms with E-state index < -0.39 is 0 Å². The van der Waals surface area contributed by atoms with Crippen molar-refractivity contribution in [3.8, 4) is 0 Å². The van der Waals surface area contributed by atoms with E-state index in [1.54, 1.807) is 0 Å². The molecule has 0 aromatic heterocycles. The Morgan fingerprint density at radius 2 is 2.22 bits per heavy atom. The molecule has 0 unspecified atom stereocenters. The minimum absolute atomic E-state index is 0.535. The molecule has 0 spiro atoms. The van der Waals surface area contributed by atoms with Crippen LogP contribution >= 0.6 is 15.9 Å². The summed E-state index contributed by atoms with van der Waals surface area (Å²) >= 11 is 3.52. The summed E-state index contributed by atoms with van der Waals surface area (Å²) in [6.07, 6.45) is 6.08. The molecule has 0 saturated heterocycles. The maximum Gasteiger partial charge on any atom is -0.00839 e. The molecule has 0 heterocycles. The SMILES string of the molecule is CC1(C)CCC=C(Br)C1. The average molecular weight is 189 g/mol. The molecule has 0 aliphatic heterocycles. The predicted molar refractivity (Wildman–Crippen MR) is 44.6 cm³/mol. The van der Waals surface area contributed by atoms with Gasteiger partial charge in [0.25, 0.3) is 0 Å². The third-order valence-corrected chi connectivity index (χ3v) is 2.44. The van der Waals surface area contributed by atoms with E-state index in [0.29, 0.717) is 5.41 Å². The largest absolute Gasteiger partial charge is 0.0743 e. The Labute approximate surface area is 65.5 Å². The van der Waals surface area contributed by atoms with Crippen molar-refractivity contribution in [1.29, 1.82) is 0 Å². The molecular weight excluding hydrogens is 176 g/mol. The van der Waals surface area contributed by atoms with E-state index in [2.05, 4.69) is 35.9 Å². The fourth-order valence-corrected chi connectivity index (χ4v) is 2.23. The summed E-state index contributed by atoms with van der Waals surface area (Å²) < 4.78 is 1.39. The molecule has 0 saturated carbocycles. The lowest BCUT2D eigenvalue weighted by molar-refractivity contribution is 0.328. The smallest absolute Gasteiger partial charge is 0.00839 e. The van der Waals surface area contributed by atoms with Crippen molar-refractivity contribution in [3.63, 3.8) is 0 Å². The van der Waals surface area contributed by atoms with Crippen molar-refractivity contribution in [2.45, 2.75) is 33.1 Å². The lowest BCUT2D eigenvalue weighted by Crippen LogP contribution is -2.13. The van der Waals surface area contributed by atoms with E-state index in [0.717, 1.165) is 0 Å². The molecule has 0 aromatic carbocycles. The first-order chi connectivity index (χ1) is 4.10. The van der Waals surface area contributed by atoms with Gasteiger partial charge in [-0.05, 0) is 29.2 Å². The molecule has 0 bridgehead atoms. The molecule has 0 N–H and O–H groups in total. The maximum absolute atomic E-state index is 3.52. The van der Waals surface area contributed by atoms with Gasteiger partial charge in [-0.25, -0.2) is 0 Å². The van der Waals surface area contributed by atoms with Gasteiger partial charge in [-0.15, -0.1) is 0 Å². The maximum atomic E-state index is 3.52. The molecule has 1 heteroatoms. The Balaban J connectivity index is 2.59. The molecule has 0 nitrogen and oxygen atoms in total. The lowest BCUT2D eigenvalue weighted by Gasteiger charge is -2.27. The summed E-state index contributed by atoms with van der Waals surface area (Å²) in [4.78, 5) is 0. The fraction of sp³-hybridized carbons (Fsp3) is 0.750. The number of halogens is 1. The second kappa shape index (κ2) is 2.45. The molecular formula is C8H13Br. The molecule has 1 aliphatic carbocycles. The van der Waals surface area contributed by atoms with Crippen LogP contribution in [0.2, 0.25) is 0 Å². The van der Waals surface area contributed by atoms with Crippen molar-refractivity contribution in [3.05, 3.63) is 10.6 Å². The lowest BCUT2D eigenvalue weighted by atomic mass is 9.81. The summed E-state index contributed by atoms with van der Waals surface area (Å²) in [7, 11) is 0. The minimum Gasteiger partial charge on any atom is -0.0743 e. The van der Waals surface area contributed by atoms with Crippen LogP contribution in [0.15, 0.2) is 10.6 Å². The van der Waals surface area contributed by atoms with Crippen LogP contribution in [-0.2, 0) is 0 Å². The van der Waals surface area contributed by atoms with Gasteiger partial charge in [-0.2, -0.15) is 0 Å². The predicted octanol–water partition coefficient (Wildman–Crippen LogP) is 3.48. The Bertz CT molecular complexity index is 134. The first kappa shape index (κ1) is 7.33. The van der Waals surface area contributed by atoms with Crippen LogP contribution in [-0.4, -0.2) is 0 Å². The number of hydrogen-bond donors (Lipinski definition) is 0. The second-order valence-corrected chi connectivity index (χ2v) is 4.55. The van der Waals surface area contributed by atoms with Gasteiger partial charge in [0.2, 0.25) is 0 Å². The van der Waals surface area contributed by atoms with Gasteiger partial charge in [-0.3, -0.25) is 0 Å². The average Bonchev–Trinajstić information content (AvgIpc) is 1.60. The quantitative estimate of drug-likeness (QED) is 0.547. The second-order valence-electron chi connectivity index (χ2n) is 3.53. The van der Waals surface area contributed by atoms with E-state index in [4.69, 9.17) is 0 Å². The molecule has 0 radical (unpaired) electrons. The zero-order chi connectivity index (χ0) is 6.91. The molecule has 0 amide bonds. The van der Waals surface area contributed by atoms with Gasteiger partial charge in [0.1, 0.15) is 0 Å². The molecule has 0 aromatic rings. The van der Waals surface area contributed by atoms with Gasteiger partial charge in [0.15, 0.2) is 0 Å². The van der Waals surface area contributed by atoms with Gasteiger partial charge in [-0.1, -0.05) is 35.9 Å².